The molecular weight excluding hydrogens is 272 g/mol. The zero-order valence-electron chi connectivity index (χ0n) is 12.6. The van der Waals surface area contributed by atoms with Gasteiger partial charge in [-0.3, -0.25) is 0 Å². The molecule has 1 saturated heterocycles. The molecule has 1 aromatic rings. The summed E-state index contributed by atoms with van der Waals surface area (Å²) in [6.07, 6.45) is 1.51. The van der Waals surface area contributed by atoms with Gasteiger partial charge in [0.1, 0.15) is 0 Å². The summed E-state index contributed by atoms with van der Waals surface area (Å²) < 4.78 is 0. The molecule has 4 heteroatoms. The number of hydrogen-bond acceptors (Lipinski definition) is 3. The van der Waals surface area contributed by atoms with Crippen molar-refractivity contribution in [2.75, 3.05) is 18.0 Å². The highest BCUT2D eigenvalue weighted by Crippen LogP contribution is 2.28. The fraction of sp³-hybridized carbons (Fsp3) is 0.625. The zero-order valence-corrected chi connectivity index (χ0v) is 13.4. The fourth-order valence-corrected chi connectivity index (χ4v) is 2.61. The van der Waals surface area contributed by atoms with Crippen molar-refractivity contribution in [2.24, 2.45) is 0 Å². The maximum Gasteiger partial charge on any atom is 0.0574 e. The average Bonchev–Trinajstić information content (AvgIpc) is 2.37. The van der Waals surface area contributed by atoms with Crippen molar-refractivity contribution in [3.05, 3.63) is 28.8 Å². The number of benzene rings is 1. The Balaban J connectivity index is 2.15. The van der Waals surface area contributed by atoms with E-state index < -0.39 is 0 Å². The van der Waals surface area contributed by atoms with E-state index in [0.29, 0.717) is 0 Å². The molecule has 0 atom stereocenters. The van der Waals surface area contributed by atoms with Gasteiger partial charge in [0.15, 0.2) is 0 Å². The van der Waals surface area contributed by atoms with Gasteiger partial charge in [-0.05, 0) is 51.3 Å². The minimum atomic E-state index is -0.151. The molecule has 1 aromatic carbocycles. The number of aliphatic hydroxyl groups excluding tert-OH is 1. The summed E-state index contributed by atoms with van der Waals surface area (Å²) in [4.78, 5) is 2.33. The molecule has 0 bridgehead atoms. The van der Waals surface area contributed by atoms with Gasteiger partial charge in [0, 0.05) is 35.9 Å². The molecule has 0 amide bonds. The van der Waals surface area contributed by atoms with Crippen molar-refractivity contribution in [3.8, 4) is 0 Å². The Bertz CT molecular complexity index is 448. The lowest BCUT2D eigenvalue weighted by atomic mass is 10.0. The van der Waals surface area contributed by atoms with Crippen LogP contribution in [-0.4, -0.2) is 29.8 Å². The van der Waals surface area contributed by atoms with Crippen molar-refractivity contribution in [3.63, 3.8) is 0 Å². The normalized spacial score (nSPS) is 17.6. The molecule has 0 saturated carbocycles. The number of aliphatic hydroxyl groups is 1. The fourth-order valence-electron chi connectivity index (χ4n) is 2.45. The van der Waals surface area contributed by atoms with Crippen LogP contribution < -0.4 is 10.2 Å². The van der Waals surface area contributed by atoms with Crippen molar-refractivity contribution >= 4 is 17.3 Å². The monoisotopic (exact) mass is 296 g/mol. The molecule has 2 N–H and O–H groups in total. The summed E-state index contributed by atoms with van der Waals surface area (Å²) in [5, 5.41) is 13.9. The SMILES string of the molecule is CC(C)(C)NCc1ccc(Cl)cc1N1CCC(O)CC1. The van der Waals surface area contributed by atoms with E-state index in [9.17, 15) is 5.11 Å². The van der Waals surface area contributed by atoms with E-state index in [1.165, 1.54) is 11.3 Å². The van der Waals surface area contributed by atoms with Crippen molar-refractivity contribution in [2.45, 2.75) is 51.8 Å². The summed E-state index contributed by atoms with van der Waals surface area (Å²) in [5.41, 5.74) is 2.55. The van der Waals surface area contributed by atoms with Crippen LogP contribution in [0.2, 0.25) is 5.02 Å². The number of nitrogens with zero attached hydrogens (tertiary/aromatic N) is 1. The highest BCUT2D eigenvalue weighted by molar-refractivity contribution is 6.30. The predicted octanol–water partition coefficient (Wildman–Crippen LogP) is 3.19. The number of halogens is 1. The van der Waals surface area contributed by atoms with E-state index >= 15 is 0 Å². The molecule has 1 aliphatic rings. The van der Waals surface area contributed by atoms with Crippen LogP contribution in [0.4, 0.5) is 5.69 Å². The maximum atomic E-state index is 9.64. The lowest BCUT2D eigenvalue weighted by Gasteiger charge is -2.33. The maximum absolute atomic E-state index is 9.64. The van der Waals surface area contributed by atoms with Gasteiger partial charge in [-0.1, -0.05) is 17.7 Å². The van der Waals surface area contributed by atoms with Gasteiger partial charge in [-0.25, -0.2) is 0 Å². The summed E-state index contributed by atoms with van der Waals surface area (Å²) >= 11 is 6.16. The quantitative estimate of drug-likeness (QED) is 0.899. The second kappa shape index (κ2) is 6.33. The highest BCUT2D eigenvalue weighted by Gasteiger charge is 2.20. The molecule has 2 rings (SSSR count). The molecular formula is C16H25ClN2O. The third kappa shape index (κ3) is 4.37. The first-order valence-corrected chi connectivity index (χ1v) is 7.69. The molecule has 1 fully saturated rings. The third-order valence-electron chi connectivity index (χ3n) is 3.66. The number of nitrogens with one attached hydrogen (secondary N) is 1. The Kier molecular flexibility index (Phi) is 4.95. The second-order valence-electron chi connectivity index (χ2n) is 6.59. The van der Waals surface area contributed by atoms with E-state index in [-0.39, 0.29) is 11.6 Å². The number of rotatable bonds is 3. The molecule has 0 unspecified atom stereocenters. The van der Waals surface area contributed by atoms with Gasteiger partial charge in [-0.2, -0.15) is 0 Å². The van der Waals surface area contributed by atoms with Gasteiger partial charge in [-0.15, -0.1) is 0 Å². The summed E-state index contributed by atoms with van der Waals surface area (Å²) in [6.45, 7) is 9.11. The topological polar surface area (TPSA) is 35.5 Å². The van der Waals surface area contributed by atoms with Gasteiger partial charge in [0.2, 0.25) is 0 Å². The first-order chi connectivity index (χ1) is 9.35. The number of anilines is 1. The van der Waals surface area contributed by atoms with Crippen LogP contribution in [0.25, 0.3) is 0 Å². The van der Waals surface area contributed by atoms with Gasteiger partial charge in [0.25, 0.3) is 0 Å². The van der Waals surface area contributed by atoms with Crippen LogP contribution in [0.5, 0.6) is 0 Å². The van der Waals surface area contributed by atoms with E-state index in [1.807, 2.05) is 12.1 Å². The molecule has 0 aliphatic carbocycles. The van der Waals surface area contributed by atoms with Crippen LogP contribution in [0, 0.1) is 0 Å². The van der Waals surface area contributed by atoms with Crippen molar-refractivity contribution < 1.29 is 5.11 Å². The zero-order chi connectivity index (χ0) is 14.8. The van der Waals surface area contributed by atoms with Crippen LogP contribution in [0.3, 0.4) is 0 Å². The van der Waals surface area contributed by atoms with Crippen molar-refractivity contribution in [1.82, 2.24) is 5.32 Å². The summed E-state index contributed by atoms with van der Waals surface area (Å²) in [6, 6.07) is 6.09. The lowest BCUT2D eigenvalue weighted by molar-refractivity contribution is 0.145. The van der Waals surface area contributed by atoms with E-state index in [4.69, 9.17) is 11.6 Å². The standard InChI is InChI=1S/C16H25ClN2O/c1-16(2,3)18-11-12-4-5-13(17)10-15(12)19-8-6-14(20)7-9-19/h4-5,10,14,18,20H,6-9,11H2,1-3H3. The average molecular weight is 297 g/mol. The Morgan fingerprint density at radius 3 is 2.55 bits per heavy atom. The van der Waals surface area contributed by atoms with E-state index in [0.717, 1.165) is 37.5 Å². The van der Waals surface area contributed by atoms with Crippen LogP contribution in [-0.2, 0) is 6.54 Å². The Hall–Kier alpha value is -0.770. The first-order valence-electron chi connectivity index (χ1n) is 7.31. The van der Waals surface area contributed by atoms with Crippen LogP contribution >= 0.6 is 11.6 Å². The Morgan fingerprint density at radius 2 is 1.95 bits per heavy atom. The number of piperidine rings is 1. The smallest absolute Gasteiger partial charge is 0.0574 e. The third-order valence-corrected chi connectivity index (χ3v) is 3.90. The van der Waals surface area contributed by atoms with Gasteiger partial charge >= 0.3 is 0 Å². The number of hydrogen-bond donors (Lipinski definition) is 2. The van der Waals surface area contributed by atoms with Crippen molar-refractivity contribution in [1.29, 1.82) is 0 Å². The molecule has 0 spiro atoms. The second-order valence-corrected chi connectivity index (χ2v) is 7.03. The predicted molar refractivity (Wildman–Crippen MR) is 85.5 cm³/mol. The largest absolute Gasteiger partial charge is 0.393 e. The van der Waals surface area contributed by atoms with Crippen LogP contribution in [0.15, 0.2) is 18.2 Å². The lowest BCUT2D eigenvalue weighted by Crippen LogP contribution is -2.38. The molecule has 0 radical (unpaired) electrons. The summed E-state index contributed by atoms with van der Waals surface area (Å²) in [7, 11) is 0. The highest BCUT2D eigenvalue weighted by atomic mass is 35.5. The molecule has 0 aromatic heterocycles. The van der Waals surface area contributed by atoms with E-state index in [1.54, 1.807) is 0 Å². The van der Waals surface area contributed by atoms with E-state index in [2.05, 4.69) is 37.1 Å². The van der Waals surface area contributed by atoms with Gasteiger partial charge in [0.05, 0.1) is 6.10 Å². The minimum Gasteiger partial charge on any atom is -0.393 e. The Labute approximate surface area is 126 Å². The molecule has 20 heavy (non-hydrogen) atoms. The molecule has 112 valence electrons. The minimum absolute atomic E-state index is 0.0923. The van der Waals surface area contributed by atoms with Crippen LogP contribution in [0.1, 0.15) is 39.2 Å². The molecule has 1 aliphatic heterocycles. The first kappa shape index (κ1) is 15.6. The summed E-state index contributed by atoms with van der Waals surface area (Å²) in [5.74, 6) is 0. The Morgan fingerprint density at radius 1 is 1.30 bits per heavy atom. The molecule has 1 heterocycles. The van der Waals surface area contributed by atoms with Gasteiger partial charge < -0.3 is 15.3 Å². The molecule has 3 nitrogen and oxygen atoms in total.